The van der Waals surface area contributed by atoms with Gasteiger partial charge in [0.1, 0.15) is 17.9 Å². The fourth-order valence-electron chi connectivity index (χ4n) is 4.00. The molecule has 0 spiro atoms. The van der Waals surface area contributed by atoms with E-state index in [1.807, 2.05) is 24.3 Å². The monoisotopic (exact) mass is 349 g/mol. The summed E-state index contributed by atoms with van der Waals surface area (Å²) in [5.74, 6) is 0.977. The molecule has 0 aliphatic carbocycles. The molecule has 2 aromatic rings. The quantitative estimate of drug-likeness (QED) is 0.852. The first-order valence-corrected chi connectivity index (χ1v) is 9.30. The minimum Gasteiger partial charge on any atom is -0.488 e. The Morgan fingerprint density at radius 1 is 1.15 bits per heavy atom. The summed E-state index contributed by atoms with van der Waals surface area (Å²) in [6.45, 7) is 2.70. The SMILES string of the molecule is N#CC1CCCN1C(=O)CN1CC[C@H](Oc2cccc3ccccc23)C1. The van der Waals surface area contributed by atoms with Crippen molar-refractivity contribution in [1.82, 2.24) is 9.80 Å². The lowest BCUT2D eigenvalue weighted by Gasteiger charge is -2.23. The van der Waals surface area contributed by atoms with Gasteiger partial charge in [0, 0.05) is 25.0 Å². The van der Waals surface area contributed by atoms with Crippen molar-refractivity contribution >= 4 is 16.7 Å². The molecule has 2 fully saturated rings. The number of rotatable bonds is 4. The third kappa shape index (κ3) is 3.38. The van der Waals surface area contributed by atoms with E-state index in [4.69, 9.17) is 10.00 Å². The maximum Gasteiger partial charge on any atom is 0.237 e. The molecule has 2 aliphatic heterocycles. The number of likely N-dealkylation sites (tertiary alicyclic amines) is 2. The smallest absolute Gasteiger partial charge is 0.237 e. The number of fused-ring (bicyclic) bond motifs is 1. The van der Waals surface area contributed by atoms with Gasteiger partial charge in [-0.05, 0) is 30.7 Å². The minimum absolute atomic E-state index is 0.0693. The van der Waals surface area contributed by atoms with E-state index < -0.39 is 0 Å². The number of amides is 1. The molecule has 2 aliphatic rings. The molecule has 0 aromatic heterocycles. The Kier molecular flexibility index (Phi) is 4.77. The molecule has 1 unspecified atom stereocenters. The highest BCUT2D eigenvalue weighted by molar-refractivity contribution is 5.88. The molecule has 5 nitrogen and oxygen atoms in total. The van der Waals surface area contributed by atoms with E-state index in [-0.39, 0.29) is 18.1 Å². The second kappa shape index (κ2) is 7.35. The maximum absolute atomic E-state index is 12.5. The van der Waals surface area contributed by atoms with E-state index in [2.05, 4.69) is 29.2 Å². The van der Waals surface area contributed by atoms with Crippen LogP contribution >= 0.6 is 0 Å². The molecule has 26 heavy (non-hydrogen) atoms. The van der Waals surface area contributed by atoms with Gasteiger partial charge in [0.2, 0.25) is 5.91 Å². The third-order valence-electron chi connectivity index (χ3n) is 5.35. The lowest BCUT2D eigenvalue weighted by molar-refractivity contribution is -0.132. The molecule has 2 heterocycles. The summed E-state index contributed by atoms with van der Waals surface area (Å²) in [5, 5.41) is 11.5. The molecule has 0 N–H and O–H groups in total. The van der Waals surface area contributed by atoms with Gasteiger partial charge in [-0.25, -0.2) is 0 Å². The molecule has 5 heteroatoms. The largest absolute Gasteiger partial charge is 0.488 e. The molecule has 2 atom stereocenters. The van der Waals surface area contributed by atoms with Crippen LogP contribution in [0.15, 0.2) is 42.5 Å². The van der Waals surface area contributed by atoms with Crippen molar-refractivity contribution < 1.29 is 9.53 Å². The number of nitrogens with zero attached hydrogens (tertiary/aromatic N) is 3. The molecule has 4 rings (SSSR count). The zero-order valence-corrected chi connectivity index (χ0v) is 14.8. The Balaban J connectivity index is 1.37. The number of carbonyl (C=O) groups excluding carboxylic acids is 1. The fraction of sp³-hybridized carbons (Fsp3) is 0.429. The lowest BCUT2D eigenvalue weighted by atomic mass is 10.1. The highest BCUT2D eigenvalue weighted by Gasteiger charge is 2.32. The van der Waals surface area contributed by atoms with Crippen molar-refractivity contribution in [2.75, 3.05) is 26.2 Å². The van der Waals surface area contributed by atoms with Crippen molar-refractivity contribution in [2.45, 2.75) is 31.4 Å². The lowest BCUT2D eigenvalue weighted by Crippen LogP contribution is -2.42. The van der Waals surface area contributed by atoms with Crippen molar-refractivity contribution in [1.29, 1.82) is 5.26 Å². The van der Waals surface area contributed by atoms with Crippen LogP contribution in [0.4, 0.5) is 0 Å². The van der Waals surface area contributed by atoms with Crippen LogP contribution in [0.5, 0.6) is 5.75 Å². The topological polar surface area (TPSA) is 56.6 Å². The van der Waals surface area contributed by atoms with E-state index in [0.717, 1.165) is 43.5 Å². The van der Waals surface area contributed by atoms with Gasteiger partial charge >= 0.3 is 0 Å². The van der Waals surface area contributed by atoms with Gasteiger partial charge in [-0.2, -0.15) is 5.26 Å². The van der Waals surface area contributed by atoms with E-state index in [1.54, 1.807) is 4.90 Å². The normalized spacial score (nSPS) is 23.3. The third-order valence-corrected chi connectivity index (χ3v) is 5.35. The molecule has 0 bridgehead atoms. The van der Waals surface area contributed by atoms with Gasteiger partial charge in [-0.3, -0.25) is 9.69 Å². The summed E-state index contributed by atoms with van der Waals surface area (Å²) in [7, 11) is 0. The summed E-state index contributed by atoms with van der Waals surface area (Å²) in [4.78, 5) is 16.4. The summed E-state index contributed by atoms with van der Waals surface area (Å²) in [6, 6.07) is 16.3. The summed E-state index contributed by atoms with van der Waals surface area (Å²) in [6.07, 6.45) is 2.74. The molecule has 0 saturated carbocycles. The highest BCUT2D eigenvalue weighted by atomic mass is 16.5. The van der Waals surface area contributed by atoms with Crippen LogP contribution in [0.25, 0.3) is 10.8 Å². The number of carbonyl (C=O) groups is 1. The predicted octanol–water partition coefficient (Wildman–Crippen LogP) is 2.81. The van der Waals surface area contributed by atoms with Crippen LogP contribution < -0.4 is 4.74 Å². The Bertz CT molecular complexity index is 839. The van der Waals surface area contributed by atoms with E-state index in [1.165, 1.54) is 5.39 Å². The van der Waals surface area contributed by atoms with Crippen LogP contribution in [0.1, 0.15) is 19.3 Å². The maximum atomic E-state index is 12.5. The fourth-order valence-corrected chi connectivity index (χ4v) is 4.00. The number of ether oxygens (including phenoxy) is 1. The molecule has 2 aromatic carbocycles. The number of benzene rings is 2. The Labute approximate surface area is 153 Å². The Morgan fingerprint density at radius 2 is 2.00 bits per heavy atom. The van der Waals surface area contributed by atoms with Crippen molar-refractivity contribution in [3.63, 3.8) is 0 Å². The average Bonchev–Trinajstić information content (AvgIpc) is 3.31. The molecule has 0 radical (unpaired) electrons. The first-order chi connectivity index (χ1) is 12.7. The van der Waals surface area contributed by atoms with Gasteiger partial charge in [0.25, 0.3) is 0 Å². The van der Waals surface area contributed by atoms with Gasteiger partial charge in [0.15, 0.2) is 0 Å². The number of nitriles is 1. The zero-order chi connectivity index (χ0) is 17.9. The Morgan fingerprint density at radius 3 is 2.88 bits per heavy atom. The average molecular weight is 349 g/mol. The summed E-state index contributed by atoms with van der Waals surface area (Å²) >= 11 is 0. The predicted molar refractivity (Wildman–Crippen MR) is 99.8 cm³/mol. The molecular formula is C21H23N3O2. The molecule has 134 valence electrons. The highest BCUT2D eigenvalue weighted by Crippen LogP contribution is 2.28. The van der Waals surface area contributed by atoms with E-state index in [9.17, 15) is 4.79 Å². The van der Waals surface area contributed by atoms with Gasteiger partial charge in [-0.15, -0.1) is 0 Å². The standard InChI is InChI=1S/C21H23N3O2/c22-13-17-7-4-11-24(17)21(25)15-23-12-10-18(14-23)26-20-9-3-6-16-5-1-2-8-19(16)20/h1-3,5-6,8-9,17-18H,4,7,10-12,14-15H2/t17?,18-/m0/s1. The van der Waals surface area contributed by atoms with Gasteiger partial charge in [0.05, 0.1) is 12.6 Å². The van der Waals surface area contributed by atoms with E-state index >= 15 is 0 Å². The van der Waals surface area contributed by atoms with Crippen molar-refractivity contribution in [2.24, 2.45) is 0 Å². The van der Waals surface area contributed by atoms with Gasteiger partial charge in [-0.1, -0.05) is 36.4 Å². The van der Waals surface area contributed by atoms with Crippen LogP contribution in [-0.2, 0) is 4.79 Å². The van der Waals surface area contributed by atoms with Crippen LogP contribution in [0.3, 0.4) is 0 Å². The molecule has 1 amide bonds. The first kappa shape index (κ1) is 16.9. The summed E-state index contributed by atoms with van der Waals surface area (Å²) < 4.78 is 6.25. The van der Waals surface area contributed by atoms with Gasteiger partial charge < -0.3 is 9.64 Å². The Hall–Kier alpha value is -2.58. The zero-order valence-electron chi connectivity index (χ0n) is 14.8. The second-order valence-electron chi connectivity index (χ2n) is 7.12. The molecule has 2 saturated heterocycles. The van der Waals surface area contributed by atoms with Crippen molar-refractivity contribution in [3.8, 4) is 11.8 Å². The first-order valence-electron chi connectivity index (χ1n) is 9.30. The van der Waals surface area contributed by atoms with Crippen molar-refractivity contribution in [3.05, 3.63) is 42.5 Å². The summed E-state index contributed by atoms with van der Waals surface area (Å²) in [5.41, 5.74) is 0. The van der Waals surface area contributed by atoms with Crippen LogP contribution in [-0.4, -0.2) is 54.0 Å². The number of hydrogen-bond donors (Lipinski definition) is 0. The molecular weight excluding hydrogens is 326 g/mol. The second-order valence-corrected chi connectivity index (χ2v) is 7.12. The van der Waals surface area contributed by atoms with E-state index in [0.29, 0.717) is 13.1 Å². The number of hydrogen-bond acceptors (Lipinski definition) is 4. The van der Waals surface area contributed by atoms with Crippen LogP contribution in [0, 0.1) is 11.3 Å². The minimum atomic E-state index is -0.243. The van der Waals surface area contributed by atoms with Crippen LogP contribution in [0.2, 0.25) is 0 Å².